The van der Waals surface area contributed by atoms with Crippen LogP contribution in [0.2, 0.25) is 0 Å². The summed E-state index contributed by atoms with van der Waals surface area (Å²) in [6.07, 6.45) is 0. The number of para-hydroxylation sites is 2. The number of Topliss-reactive ketones (excluding diaryl/α,β-unsaturated/α-hetero) is 1. The fourth-order valence-corrected chi connectivity index (χ4v) is 3.06. The van der Waals surface area contributed by atoms with Crippen LogP contribution < -0.4 is 9.47 Å². The Morgan fingerprint density at radius 3 is 2.53 bits per heavy atom. The predicted octanol–water partition coefficient (Wildman–Crippen LogP) is 5.47. The lowest BCUT2D eigenvalue weighted by atomic mass is 10.1. The molecule has 2 aromatic carbocycles. The van der Waals surface area contributed by atoms with Crippen molar-refractivity contribution in [3.05, 3.63) is 60.3 Å². The summed E-state index contributed by atoms with van der Waals surface area (Å²) in [5, 5.41) is 4.79. The third kappa shape index (κ3) is 5.56. The summed E-state index contributed by atoms with van der Waals surface area (Å²) in [7, 11) is 1.64. The summed E-state index contributed by atoms with van der Waals surface area (Å²) >= 11 is 0. The number of nitrogens with zero attached hydrogens (tertiary/aromatic N) is 2. The predicted molar refractivity (Wildman–Crippen MR) is 125 cm³/mol. The summed E-state index contributed by atoms with van der Waals surface area (Å²) in [5.41, 5.74) is 2.49. The maximum Gasteiger partial charge on any atom is 0.161 e. The van der Waals surface area contributed by atoms with Crippen LogP contribution in [0.5, 0.6) is 11.5 Å². The molecule has 0 bridgehead atoms. The first-order chi connectivity index (χ1) is 15.2. The molecule has 0 spiro atoms. The molecule has 0 saturated heterocycles. The van der Waals surface area contributed by atoms with Gasteiger partial charge in [-0.1, -0.05) is 38.1 Å². The van der Waals surface area contributed by atoms with Crippen molar-refractivity contribution in [2.75, 3.05) is 13.7 Å². The summed E-state index contributed by atoms with van der Waals surface area (Å²) in [5.74, 6) is 1.92. The first-order valence-corrected chi connectivity index (χ1v) is 10.8. The molecule has 0 amide bonds. The molecule has 0 saturated carbocycles. The maximum atomic E-state index is 11.9. The van der Waals surface area contributed by atoms with Crippen LogP contribution in [0.4, 0.5) is 0 Å². The highest BCUT2D eigenvalue weighted by Crippen LogP contribution is 2.31. The molecule has 0 atom stereocenters. The first kappa shape index (κ1) is 23.5. The smallest absolute Gasteiger partial charge is 0.161 e. The number of aromatic nitrogens is 2. The number of methoxy groups -OCH3 is 1. The molecule has 3 rings (SSSR count). The zero-order chi connectivity index (χ0) is 23.3. The lowest BCUT2D eigenvalue weighted by molar-refractivity contribution is -0.139. The van der Waals surface area contributed by atoms with E-state index in [4.69, 9.17) is 19.3 Å². The molecule has 1 heterocycles. The van der Waals surface area contributed by atoms with Crippen LogP contribution in [0.3, 0.4) is 0 Å². The molecule has 0 aliphatic rings. The Kier molecular flexibility index (Phi) is 7.36. The number of carbonyl (C=O) groups is 1. The van der Waals surface area contributed by atoms with Gasteiger partial charge in [-0.15, -0.1) is 0 Å². The summed E-state index contributed by atoms with van der Waals surface area (Å²) < 4.78 is 19.2. The number of ketones is 1. The normalized spacial score (nSPS) is 11.6. The van der Waals surface area contributed by atoms with Crippen LogP contribution in [0.25, 0.3) is 16.9 Å². The maximum absolute atomic E-state index is 11.9. The second-order valence-corrected chi connectivity index (χ2v) is 8.69. The summed E-state index contributed by atoms with van der Waals surface area (Å²) in [6.45, 7) is 10.2. The van der Waals surface area contributed by atoms with Crippen molar-refractivity contribution in [2.45, 2.75) is 46.8 Å². The fourth-order valence-electron chi connectivity index (χ4n) is 3.06. The standard InChI is InChI=1S/C26H32N2O4/c1-18(2)16-31-22-11-9-10-20(14-22)24-15-21(17-32-26(4,5)19(3)29)27-28(24)23-12-7-8-13-25(23)30-6/h7-15,18H,16-17H2,1-6H3. The van der Waals surface area contributed by atoms with Gasteiger partial charge in [0.05, 0.1) is 31.7 Å². The van der Waals surface area contributed by atoms with E-state index in [2.05, 4.69) is 13.8 Å². The van der Waals surface area contributed by atoms with Crippen molar-refractivity contribution in [1.82, 2.24) is 9.78 Å². The second-order valence-electron chi connectivity index (χ2n) is 8.69. The van der Waals surface area contributed by atoms with Crippen LogP contribution in [0.1, 0.15) is 40.3 Å². The Morgan fingerprint density at radius 2 is 1.84 bits per heavy atom. The van der Waals surface area contributed by atoms with Crippen LogP contribution in [-0.2, 0) is 16.1 Å². The number of carbonyl (C=O) groups excluding carboxylic acids is 1. The molecule has 0 N–H and O–H groups in total. The number of benzene rings is 2. The Morgan fingerprint density at radius 1 is 1.09 bits per heavy atom. The van der Waals surface area contributed by atoms with Gasteiger partial charge in [0.15, 0.2) is 5.78 Å². The Labute approximate surface area is 190 Å². The zero-order valence-electron chi connectivity index (χ0n) is 19.7. The van der Waals surface area contributed by atoms with Gasteiger partial charge < -0.3 is 14.2 Å². The highest BCUT2D eigenvalue weighted by atomic mass is 16.5. The van der Waals surface area contributed by atoms with Crippen LogP contribution >= 0.6 is 0 Å². The van der Waals surface area contributed by atoms with Gasteiger partial charge in [-0.25, -0.2) is 4.68 Å². The molecule has 0 fully saturated rings. The third-order valence-corrected chi connectivity index (χ3v) is 5.22. The fraction of sp³-hybridized carbons (Fsp3) is 0.385. The van der Waals surface area contributed by atoms with E-state index in [1.165, 1.54) is 6.92 Å². The van der Waals surface area contributed by atoms with Gasteiger partial charge in [0.2, 0.25) is 0 Å². The zero-order valence-corrected chi connectivity index (χ0v) is 19.7. The molecule has 6 heteroatoms. The summed E-state index contributed by atoms with van der Waals surface area (Å²) in [6, 6.07) is 17.7. The molecule has 0 aliphatic carbocycles. The van der Waals surface area contributed by atoms with E-state index in [1.54, 1.807) is 21.0 Å². The minimum absolute atomic E-state index is 0.0307. The van der Waals surface area contributed by atoms with Crippen molar-refractivity contribution in [3.8, 4) is 28.4 Å². The molecular formula is C26H32N2O4. The summed E-state index contributed by atoms with van der Waals surface area (Å²) in [4.78, 5) is 11.9. The van der Waals surface area contributed by atoms with Gasteiger partial charge in [-0.3, -0.25) is 4.79 Å². The van der Waals surface area contributed by atoms with Gasteiger partial charge in [0, 0.05) is 5.56 Å². The van der Waals surface area contributed by atoms with E-state index in [0.29, 0.717) is 24.0 Å². The van der Waals surface area contributed by atoms with Crippen molar-refractivity contribution in [1.29, 1.82) is 0 Å². The van der Waals surface area contributed by atoms with Gasteiger partial charge in [0.25, 0.3) is 0 Å². The third-order valence-electron chi connectivity index (χ3n) is 5.22. The molecule has 170 valence electrons. The minimum atomic E-state index is -0.876. The number of hydrogen-bond donors (Lipinski definition) is 0. The lowest BCUT2D eigenvalue weighted by Gasteiger charge is -2.21. The van der Waals surface area contributed by atoms with E-state index >= 15 is 0 Å². The molecule has 1 aromatic heterocycles. The van der Waals surface area contributed by atoms with E-state index in [-0.39, 0.29) is 12.4 Å². The largest absolute Gasteiger partial charge is 0.494 e. The van der Waals surface area contributed by atoms with E-state index < -0.39 is 5.60 Å². The Balaban J connectivity index is 2.03. The molecule has 0 unspecified atom stereocenters. The van der Waals surface area contributed by atoms with Gasteiger partial charge in [-0.2, -0.15) is 5.10 Å². The van der Waals surface area contributed by atoms with Gasteiger partial charge in [0.1, 0.15) is 22.8 Å². The topological polar surface area (TPSA) is 62.6 Å². The average molecular weight is 437 g/mol. The SMILES string of the molecule is COc1ccccc1-n1nc(COC(C)(C)C(C)=O)cc1-c1cccc(OCC(C)C)c1. The Bertz CT molecular complexity index is 1070. The highest BCUT2D eigenvalue weighted by molar-refractivity contribution is 5.83. The Hall–Kier alpha value is -3.12. The van der Waals surface area contributed by atoms with E-state index in [9.17, 15) is 4.79 Å². The number of rotatable bonds is 10. The van der Waals surface area contributed by atoms with Crippen LogP contribution in [0.15, 0.2) is 54.6 Å². The quantitative estimate of drug-likeness (QED) is 0.422. The van der Waals surface area contributed by atoms with E-state index in [1.807, 2.05) is 59.3 Å². The molecule has 32 heavy (non-hydrogen) atoms. The van der Waals surface area contributed by atoms with Crippen molar-refractivity contribution in [3.63, 3.8) is 0 Å². The molecular weight excluding hydrogens is 404 g/mol. The average Bonchev–Trinajstić information content (AvgIpc) is 3.20. The lowest BCUT2D eigenvalue weighted by Crippen LogP contribution is -2.32. The monoisotopic (exact) mass is 436 g/mol. The minimum Gasteiger partial charge on any atom is -0.494 e. The van der Waals surface area contributed by atoms with Crippen LogP contribution in [0, 0.1) is 5.92 Å². The van der Waals surface area contributed by atoms with Gasteiger partial charge in [-0.05, 0) is 57.0 Å². The second kappa shape index (κ2) is 10.0. The molecule has 0 aliphatic heterocycles. The number of ether oxygens (including phenoxy) is 3. The van der Waals surface area contributed by atoms with E-state index in [0.717, 1.165) is 22.7 Å². The van der Waals surface area contributed by atoms with Crippen molar-refractivity contribution < 1.29 is 19.0 Å². The van der Waals surface area contributed by atoms with Crippen LogP contribution in [-0.4, -0.2) is 34.9 Å². The highest BCUT2D eigenvalue weighted by Gasteiger charge is 2.25. The molecule has 3 aromatic rings. The molecule has 0 radical (unpaired) electrons. The van der Waals surface area contributed by atoms with Crippen molar-refractivity contribution >= 4 is 5.78 Å². The molecule has 6 nitrogen and oxygen atoms in total. The first-order valence-electron chi connectivity index (χ1n) is 10.8. The van der Waals surface area contributed by atoms with Crippen molar-refractivity contribution in [2.24, 2.45) is 5.92 Å². The number of hydrogen-bond acceptors (Lipinski definition) is 5. The van der Waals surface area contributed by atoms with Gasteiger partial charge >= 0.3 is 0 Å².